The van der Waals surface area contributed by atoms with Crippen molar-refractivity contribution in [2.24, 2.45) is 0 Å². The second kappa shape index (κ2) is 12.3. The van der Waals surface area contributed by atoms with Gasteiger partial charge in [0, 0.05) is 36.7 Å². The molecular weight excluding hydrogens is 509 g/mol. The summed E-state index contributed by atoms with van der Waals surface area (Å²) in [5.41, 5.74) is 0.965. The molecule has 8 nitrogen and oxygen atoms in total. The minimum absolute atomic E-state index is 0.0568. The average Bonchev–Trinajstić information content (AvgIpc) is 2.89. The first-order valence-corrected chi connectivity index (χ1v) is 12.2. The zero-order valence-corrected chi connectivity index (χ0v) is 20.6. The van der Waals surface area contributed by atoms with Crippen LogP contribution in [0.2, 0.25) is 5.02 Å². The second-order valence-corrected chi connectivity index (χ2v) is 8.96. The van der Waals surface area contributed by atoms with Crippen molar-refractivity contribution >= 4 is 45.7 Å². The van der Waals surface area contributed by atoms with E-state index in [0.29, 0.717) is 54.5 Å². The number of fused-ring (bicyclic) bond motifs is 1. The molecule has 37 heavy (non-hydrogen) atoms. The third-order valence-electron chi connectivity index (χ3n) is 5.77. The number of rotatable bonds is 10. The van der Waals surface area contributed by atoms with Crippen LogP contribution in [-0.2, 0) is 9.53 Å². The number of hydrogen-bond acceptors (Lipinski definition) is 7. The van der Waals surface area contributed by atoms with E-state index in [2.05, 4.69) is 30.5 Å². The van der Waals surface area contributed by atoms with E-state index in [4.69, 9.17) is 16.3 Å². The number of allylic oxidation sites excluding steroid dienone is 1. The van der Waals surface area contributed by atoms with E-state index in [0.717, 1.165) is 25.7 Å². The summed E-state index contributed by atoms with van der Waals surface area (Å²) >= 11 is 5.84. The Morgan fingerprint density at radius 2 is 1.97 bits per heavy atom. The molecule has 1 aliphatic rings. The van der Waals surface area contributed by atoms with E-state index < -0.39 is 17.6 Å². The molecule has 0 radical (unpaired) electrons. The Bertz CT molecular complexity index is 1270. The largest absolute Gasteiger partial charge is 0.379 e. The number of alkyl halides is 2. The molecule has 1 fully saturated rings. The number of carbonyl (C=O) groups excluding carboxylic acids is 1. The van der Waals surface area contributed by atoms with Gasteiger partial charge in [0.15, 0.2) is 0 Å². The quantitative estimate of drug-likeness (QED) is 0.273. The van der Waals surface area contributed by atoms with Gasteiger partial charge in [0.2, 0.25) is 5.91 Å². The SMILES string of the molecule is O=C(C=CC(F)(F)CCCCN1CCOCC1)Nc1cc2c(Nc3ccc(F)c(Cl)c3)ncnc2cn1. The van der Waals surface area contributed by atoms with Gasteiger partial charge in [0.25, 0.3) is 5.92 Å². The van der Waals surface area contributed by atoms with E-state index in [1.54, 1.807) is 0 Å². The standard InChI is InChI=1S/C25H26ClF3N6O2/c26-19-13-17(3-4-20(19)27)33-24-18-14-22(30-15-21(18)31-16-32-24)34-23(36)5-7-25(28,29)6-1-2-8-35-9-11-37-12-10-35/h3-5,7,13-16H,1-2,6,8-12H2,(H,30,34,36)(H,31,32,33). The van der Waals surface area contributed by atoms with Crippen molar-refractivity contribution in [2.45, 2.75) is 25.2 Å². The molecule has 1 amide bonds. The van der Waals surface area contributed by atoms with E-state index in [-0.39, 0.29) is 17.3 Å². The maximum absolute atomic E-state index is 14.2. The van der Waals surface area contributed by atoms with Gasteiger partial charge in [-0.2, -0.15) is 0 Å². The molecule has 0 aliphatic carbocycles. The summed E-state index contributed by atoms with van der Waals surface area (Å²) in [4.78, 5) is 26.9. The van der Waals surface area contributed by atoms with Crippen LogP contribution >= 0.6 is 11.6 Å². The van der Waals surface area contributed by atoms with Gasteiger partial charge in [-0.05, 0) is 49.7 Å². The first-order valence-electron chi connectivity index (χ1n) is 11.8. The van der Waals surface area contributed by atoms with Crippen LogP contribution in [0.4, 0.5) is 30.5 Å². The van der Waals surface area contributed by atoms with Gasteiger partial charge in [-0.15, -0.1) is 0 Å². The Morgan fingerprint density at radius 3 is 2.76 bits per heavy atom. The van der Waals surface area contributed by atoms with E-state index >= 15 is 0 Å². The molecule has 1 saturated heterocycles. The van der Waals surface area contributed by atoms with Gasteiger partial charge in [0.1, 0.15) is 23.8 Å². The lowest BCUT2D eigenvalue weighted by molar-refractivity contribution is -0.112. The van der Waals surface area contributed by atoms with Crippen LogP contribution in [0.15, 0.2) is 48.9 Å². The molecule has 3 heterocycles. The van der Waals surface area contributed by atoms with Crippen molar-refractivity contribution < 1.29 is 22.7 Å². The minimum Gasteiger partial charge on any atom is -0.379 e. The van der Waals surface area contributed by atoms with E-state index in [9.17, 15) is 18.0 Å². The van der Waals surface area contributed by atoms with E-state index in [1.165, 1.54) is 36.8 Å². The lowest BCUT2D eigenvalue weighted by atomic mass is 10.1. The molecule has 2 N–H and O–H groups in total. The number of nitrogens with one attached hydrogen (secondary N) is 2. The highest BCUT2D eigenvalue weighted by atomic mass is 35.5. The summed E-state index contributed by atoms with van der Waals surface area (Å²) < 4.78 is 47.2. The summed E-state index contributed by atoms with van der Waals surface area (Å²) in [5, 5.41) is 5.95. The van der Waals surface area contributed by atoms with Gasteiger partial charge >= 0.3 is 0 Å². The fourth-order valence-corrected chi connectivity index (χ4v) is 3.99. The number of ether oxygens (including phenoxy) is 1. The molecule has 4 rings (SSSR count). The monoisotopic (exact) mass is 534 g/mol. The number of halogens is 4. The first kappa shape index (κ1) is 26.8. The molecule has 0 atom stereocenters. The van der Waals surface area contributed by atoms with Crippen molar-refractivity contribution in [3.05, 3.63) is 59.8 Å². The Balaban J connectivity index is 1.34. The van der Waals surface area contributed by atoms with Gasteiger partial charge in [-0.25, -0.2) is 28.1 Å². The third-order valence-corrected chi connectivity index (χ3v) is 6.06. The molecule has 0 spiro atoms. The van der Waals surface area contributed by atoms with Crippen LogP contribution < -0.4 is 10.6 Å². The minimum atomic E-state index is -3.10. The molecule has 0 saturated carbocycles. The average molecular weight is 535 g/mol. The molecular formula is C25H26ClF3N6O2. The molecule has 12 heteroatoms. The zero-order chi connectivity index (χ0) is 26.3. The second-order valence-electron chi connectivity index (χ2n) is 8.56. The lowest BCUT2D eigenvalue weighted by Crippen LogP contribution is -2.36. The molecule has 1 aromatic carbocycles. The van der Waals surface area contributed by atoms with Crippen molar-refractivity contribution in [1.29, 1.82) is 0 Å². The topological polar surface area (TPSA) is 92.3 Å². The Hall–Kier alpha value is -3.28. The fourth-order valence-electron chi connectivity index (χ4n) is 3.81. The zero-order valence-electron chi connectivity index (χ0n) is 19.9. The van der Waals surface area contributed by atoms with Crippen LogP contribution in [-0.4, -0.2) is 64.5 Å². The summed E-state index contributed by atoms with van der Waals surface area (Å²) in [6.45, 7) is 3.75. The summed E-state index contributed by atoms with van der Waals surface area (Å²) in [5.74, 6) is -3.90. The number of carbonyl (C=O) groups is 1. The number of benzene rings is 1. The number of nitrogens with zero attached hydrogens (tertiary/aromatic N) is 4. The highest BCUT2D eigenvalue weighted by Gasteiger charge is 2.25. The van der Waals surface area contributed by atoms with Crippen molar-refractivity contribution in [3.63, 3.8) is 0 Å². The number of hydrogen-bond donors (Lipinski definition) is 2. The third kappa shape index (κ3) is 7.85. The van der Waals surface area contributed by atoms with Crippen molar-refractivity contribution in [3.8, 4) is 0 Å². The molecule has 3 aromatic rings. The van der Waals surface area contributed by atoms with Gasteiger partial charge in [-0.3, -0.25) is 9.69 Å². The molecule has 196 valence electrons. The van der Waals surface area contributed by atoms with Crippen LogP contribution in [0.5, 0.6) is 0 Å². The summed E-state index contributed by atoms with van der Waals surface area (Å²) in [7, 11) is 0. The number of morpholine rings is 1. The predicted molar refractivity (Wildman–Crippen MR) is 136 cm³/mol. The molecule has 0 unspecified atom stereocenters. The molecule has 0 bridgehead atoms. The van der Waals surface area contributed by atoms with Gasteiger partial charge in [0.05, 0.1) is 29.9 Å². The van der Waals surface area contributed by atoms with Crippen LogP contribution in [0, 0.1) is 5.82 Å². The highest BCUT2D eigenvalue weighted by molar-refractivity contribution is 6.31. The van der Waals surface area contributed by atoms with Crippen LogP contribution in [0.25, 0.3) is 10.9 Å². The van der Waals surface area contributed by atoms with Crippen LogP contribution in [0.1, 0.15) is 19.3 Å². The normalized spacial score (nSPS) is 14.8. The van der Waals surface area contributed by atoms with Gasteiger partial charge < -0.3 is 15.4 Å². The number of aromatic nitrogens is 3. The number of amides is 1. The predicted octanol–water partition coefficient (Wildman–Crippen LogP) is 5.19. The van der Waals surface area contributed by atoms with Crippen molar-refractivity contribution in [2.75, 3.05) is 43.5 Å². The Kier molecular flexibility index (Phi) is 8.91. The smallest absolute Gasteiger partial charge is 0.266 e. The molecule has 1 aliphatic heterocycles. The van der Waals surface area contributed by atoms with Crippen LogP contribution in [0.3, 0.4) is 0 Å². The number of anilines is 3. The maximum atomic E-state index is 14.2. The Labute approximate surface area is 216 Å². The van der Waals surface area contributed by atoms with Crippen molar-refractivity contribution in [1.82, 2.24) is 19.9 Å². The highest BCUT2D eigenvalue weighted by Crippen LogP contribution is 2.27. The Morgan fingerprint density at radius 1 is 1.16 bits per heavy atom. The van der Waals surface area contributed by atoms with Gasteiger partial charge in [-0.1, -0.05) is 11.6 Å². The van der Waals surface area contributed by atoms with E-state index in [1.807, 2.05) is 0 Å². The fraction of sp³-hybridized carbons (Fsp3) is 0.360. The summed E-state index contributed by atoms with van der Waals surface area (Å²) in [6, 6.07) is 5.63. The number of unbranched alkanes of at least 4 members (excludes halogenated alkanes) is 1. The lowest BCUT2D eigenvalue weighted by Gasteiger charge is -2.26. The molecule has 2 aromatic heterocycles. The number of pyridine rings is 1. The maximum Gasteiger partial charge on any atom is 0.266 e. The first-order chi connectivity index (χ1) is 17.8. The summed E-state index contributed by atoms with van der Waals surface area (Å²) in [6.07, 6.45) is 4.83.